The third-order valence-corrected chi connectivity index (χ3v) is 4.77. The number of nitrogens with one attached hydrogen (secondary N) is 2. The minimum atomic E-state index is -0.219. The van der Waals surface area contributed by atoms with Crippen molar-refractivity contribution in [3.05, 3.63) is 24.3 Å². The number of nitrogens with zero attached hydrogens (tertiary/aromatic N) is 2. The van der Waals surface area contributed by atoms with Crippen LogP contribution in [0.5, 0.6) is 5.75 Å². The molecule has 2 rings (SSSR count). The van der Waals surface area contributed by atoms with E-state index in [1.807, 2.05) is 31.2 Å². The lowest BCUT2D eigenvalue weighted by Gasteiger charge is -2.37. The van der Waals surface area contributed by atoms with Gasteiger partial charge in [-0.2, -0.15) is 0 Å². The first-order valence-electron chi connectivity index (χ1n) is 9.57. The van der Waals surface area contributed by atoms with Crippen LogP contribution < -0.4 is 15.4 Å². The first-order chi connectivity index (χ1) is 12.9. The first-order valence-corrected chi connectivity index (χ1v) is 9.57. The molecule has 27 heavy (non-hydrogen) atoms. The van der Waals surface area contributed by atoms with Crippen molar-refractivity contribution in [2.24, 2.45) is 5.92 Å². The Morgan fingerprint density at radius 1 is 1.07 bits per heavy atom. The van der Waals surface area contributed by atoms with Crippen LogP contribution in [0.4, 0.5) is 5.69 Å². The van der Waals surface area contributed by atoms with E-state index in [2.05, 4.69) is 34.3 Å². The van der Waals surface area contributed by atoms with Crippen LogP contribution in [0.15, 0.2) is 24.3 Å². The van der Waals surface area contributed by atoms with Crippen molar-refractivity contribution in [3.63, 3.8) is 0 Å². The molecular weight excluding hydrogens is 344 g/mol. The average Bonchev–Trinajstić information content (AvgIpc) is 2.67. The molecule has 7 nitrogen and oxygen atoms in total. The number of methoxy groups -OCH3 is 1. The molecule has 0 radical (unpaired) electrons. The molecule has 1 heterocycles. The lowest BCUT2D eigenvalue weighted by atomic mass is 10.2. The number of piperazine rings is 1. The van der Waals surface area contributed by atoms with Crippen LogP contribution in [0, 0.1) is 5.92 Å². The van der Waals surface area contributed by atoms with Gasteiger partial charge in [0.05, 0.1) is 19.7 Å². The molecule has 0 bridgehead atoms. The highest BCUT2D eigenvalue weighted by molar-refractivity contribution is 5.94. The summed E-state index contributed by atoms with van der Waals surface area (Å²) >= 11 is 0. The number of hydrogen-bond acceptors (Lipinski definition) is 5. The number of amides is 2. The SMILES string of the molecule is COc1ccc(NC(=O)[C@H](C)N2CCN(CC(=O)NCC(C)C)CC2)cc1. The van der Waals surface area contributed by atoms with Gasteiger partial charge in [-0.25, -0.2) is 0 Å². The van der Waals surface area contributed by atoms with E-state index < -0.39 is 0 Å². The Labute approximate surface area is 162 Å². The largest absolute Gasteiger partial charge is 0.497 e. The van der Waals surface area contributed by atoms with E-state index in [1.54, 1.807) is 7.11 Å². The summed E-state index contributed by atoms with van der Waals surface area (Å²) in [5, 5.41) is 5.90. The summed E-state index contributed by atoms with van der Waals surface area (Å²) in [6, 6.07) is 7.09. The molecule has 2 amide bonds. The van der Waals surface area contributed by atoms with Crippen molar-refractivity contribution in [3.8, 4) is 5.75 Å². The van der Waals surface area contributed by atoms with E-state index >= 15 is 0 Å². The Balaban J connectivity index is 1.75. The quantitative estimate of drug-likeness (QED) is 0.718. The standard InChI is InChI=1S/C20H32N4O3/c1-15(2)13-21-19(25)14-23-9-11-24(12-10-23)16(3)20(26)22-17-5-7-18(27-4)8-6-17/h5-8,15-16H,9-14H2,1-4H3,(H,21,25)(H,22,26)/t16-/m0/s1. The molecule has 7 heteroatoms. The molecule has 0 spiro atoms. The molecule has 1 aromatic carbocycles. The third kappa shape index (κ3) is 6.84. The summed E-state index contributed by atoms with van der Waals surface area (Å²) in [4.78, 5) is 28.8. The predicted molar refractivity (Wildman–Crippen MR) is 107 cm³/mol. The Morgan fingerprint density at radius 3 is 2.26 bits per heavy atom. The molecular formula is C20H32N4O3. The van der Waals surface area contributed by atoms with Gasteiger partial charge < -0.3 is 15.4 Å². The predicted octanol–water partition coefficient (Wildman–Crippen LogP) is 1.41. The molecule has 1 aromatic rings. The Kier molecular flexibility index (Phi) is 8.06. The second-order valence-electron chi connectivity index (χ2n) is 7.40. The normalized spacial score (nSPS) is 16.8. The fourth-order valence-electron chi connectivity index (χ4n) is 2.97. The summed E-state index contributed by atoms with van der Waals surface area (Å²) in [6.07, 6.45) is 0. The average molecular weight is 377 g/mol. The van der Waals surface area contributed by atoms with E-state index in [-0.39, 0.29) is 17.9 Å². The summed E-state index contributed by atoms with van der Waals surface area (Å²) in [5.74, 6) is 1.26. The molecule has 2 N–H and O–H groups in total. The van der Waals surface area contributed by atoms with Gasteiger partial charge in [0.25, 0.3) is 0 Å². The lowest BCUT2D eigenvalue weighted by Crippen LogP contribution is -2.54. The van der Waals surface area contributed by atoms with Crippen LogP contribution in [0.25, 0.3) is 0 Å². The van der Waals surface area contributed by atoms with Gasteiger partial charge in [0, 0.05) is 38.4 Å². The Morgan fingerprint density at radius 2 is 1.70 bits per heavy atom. The number of anilines is 1. The maximum absolute atomic E-state index is 12.5. The fraction of sp³-hybridized carbons (Fsp3) is 0.600. The van der Waals surface area contributed by atoms with Gasteiger partial charge >= 0.3 is 0 Å². The number of rotatable bonds is 8. The zero-order chi connectivity index (χ0) is 19.8. The fourth-order valence-corrected chi connectivity index (χ4v) is 2.97. The molecule has 150 valence electrons. The molecule has 1 aliphatic rings. The van der Waals surface area contributed by atoms with Crippen molar-refractivity contribution in [1.29, 1.82) is 0 Å². The second kappa shape index (κ2) is 10.3. The van der Waals surface area contributed by atoms with Gasteiger partial charge in [-0.1, -0.05) is 13.8 Å². The van der Waals surface area contributed by atoms with E-state index in [0.717, 1.165) is 37.6 Å². The Bertz CT molecular complexity index is 610. The number of carbonyl (C=O) groups is 2. The number of hydrogen-bond donors (Lipinski definition) is 2. The topological polar surface area (TPSA) is 73.9 Å². The highest BCUT2D eigenvalue weighted by atomic mass is 16.5. The molecule has 1 fully saturated rings. The van der Waals surface area contributed by atoms with Gasteiger partial charge in [-0.05, 0) is 37.1 Å². The van der Waals surface area contributed by atoms with E-state index in [0.29, 0.717) is 19.0 Å². The van der Waals surface area contributed by atoms with Crippen LogP contribution in [0.3, 0.4) is 0 Å². The third-order valence-electron chi connectivity index (χ3n) is 4.77. The molecule has 0 aromatic heterocycles. The highest BCUT2D eigenvalue weighted by Crippen LogP contribution is 2.16. The monoisotopic (exact) mass is 376 g/mol. The Hall–Kier alpha value is -2.12. The maximum Gasteiger partial charge on any atom is 0.241 e. The summed E-state index contributed by atoms with van der Waals surface area (Å²) in [5.41, 5.74) is 0.758. The smallest absolute Gasteiger partial charge is 0.241 e. The zero-order valence-corrected chi connectivity index (χ0v) is 16.8. The summed E-state index contributed by atoms with van der Waals surface area (Å²) in [7, 11) is 1.61. The van der Waals surface area contributed by atoms with Crippen LogP contribution in [0.2, 0.25) is 0 Å². The van der Waals surface area contributed by atoms with Gasteiger partial charge in [-0.3, -0.25) is 19.4 Å². The van der Waals surface area contributed by atoms with Gasteiger partial charge in [0.2, 0.25) is 11.8 Å². The second-order valence-corrected chi connectivity index (χ2v) is 7.40. The van der Waals surface area contributed by atoms with Crippen molar-refractivity contribution < 1.29 is 14.3 Å². The summed E-state index contributed by atoms with van der Waals surface area (Å²) < 4.78 is 5.13. The maximum atomic E-state index is 12.5. The molecule has 0 saturated carbocycles. The van der Waals surface area contributed by atoms with Crippen LogP contribution >= 0.6 is 0 Å². The van der Waals surface area contributed by atoms with Crippen LogP contribution in [-0.2, 0) is 9.59 Å². The van der Waals surface area contributed by atoms with Crippen molar-refractivity contribution >= 4 is 17.5 Å². The van der Waals surface area contributed by atoms with E-state index in [9.17, 15) is 9.59 Å². The zero-order valence-electron chi connectivity index (χ0n) is 16.8. The van der Waals surface area contributed by atoms with E-state index in [1.165, 1.54) is 0 Å². The van der Waals surface area contributed by atoms with Gasteiger partial charge in [0.1, 0.15) is 5.75 Å². The van der Waals surface area contributed by atoms with E-state index in [4.69, 9.17) is 4.74 Å². The first kappa shape index (κ1) is 21.2. The number of carbonyl (C=O) groups excluding carboxylic acids is 2. The van der Waals surface area contributed by atoms with Gasteiger partial charge in [0.15, 0.2) is 0 Å². The minimum absolute atomic E-state index is 0.0247. The van der Waals surface area contributed by atoms with Crippen molar-refractivity contribution in [1.82, 2.24) is 15.1 Å². The van der Waals surface area contributed by atoms with Crippen molar-refractivity contribution in [2.75, 3.05) is 51.7 Å². The van der Waals surface area contributed by atoms with Gasteiger partial charge in [-0.15, -0.1) is 0 Å². The molecule has 0 unspecified atom stereocenters. The lowest BCUT2D eigenvalue weighted by molar-refractivity contribution is -0.124. The molecule has 0 aliphatic carbocycles. The molecule has 1 aliphatic heterocycles. The summed E-state index contributed by atoms with van der Waals surface area (Å²) in [6.45, 7) is 10.3. The molecule has 1 atom stereocenters. The number of ether oxygens (including phenoxy) is 1. The minimum Gasteiger partial charge on any atom is -0.497 e. The highest BCUT2D eigenvalue weighted by Gasteiger charge is 2.26. The molecule has 1 saturated heterocycles. The van der Waals surface area contributed by atoms with Crippen LogP contribution in [0.1, 0.15) is 20.8 Å². The van der Waals surface area contributed by atoms with Crippen molar-refractivity contribution in [2.45, 2.75) is 26.8 Å². The van der Waals surface area contributed by atoms with Crippen LogP contribution in [-0.4, -0.2) is 74.0 Å². The number of benzene rings is 1.